The van der Waals surface area contributed by atoms with E-state index >= 15 is 0 Å². The third-order valence-electron chi connectivity index (χ3n) is 2.27. The van der Waals surface area contributed by atoms with Gasteiger partial charge >= 0.3 is 0 Å². The molecule has 0 radical (unpaired) electrons. The molecule has 15 heavy (non-hydrogen) atoms. The monoisotopic (exact) mass is 207 g/mol. The van der Waals surface area contributed by atoms with Crippen molar-refractivity contribution in [2.24, 2.45) is 0 Å². The molecule has 1 aromatic rings. The zero-order valence-electron chi connectivity index (χ0n) is 9.21. The number of pyridine rings is 1. The smallest absolute Gasteiger partial charge is 0.221 e. The third kappa shape index (κ3) is 4.08. The standard InChI is InChI=1S/C11H17N3O/c1-9-3-5-13-7-10(9)8-14-6-4-11(15)12-2/h3,5,7,14H,4,6,8H2,1-2H3,(H,12,15). The SMILES string of the molecule is CNC(=O)CCNCc1cnccc1C. The van der Waals surface area contributed by atoms with Crippen molar-refractivity contribution in [2.75, 3.05) is 13.6 Å². The highest BCUT2D eigenvalue weighted by Gasteiger charge is 1.99. The molecule has 1 heterocycles. The van der Waals surface area contributed by atoms with E-state index < -0.39 is 0 Å². The predicted octanol–water partition coefficient (Wildman–Crippen LogP) is 0.616. The highest BCUT2D eigenvalue weighted by atomic mass is 16.1. The Morgan fingerprint density at radius 1 is 1.53 bits per heavy atom. The number of hydrogen-bond acceptors (Lipinski definition) is 3. The summed E-state index contributed by atoms with van der Waals surface area (Å²) >= 11 is 0. The Bertz CT molecular complexity index is 325. The summed E-state index contributed by atoms with van der Waals surface area (Å²) < 4.78 is 0. The highest BCUT2D eigenvalue weighted by Crippen LogP contribution is 2.03. The van der Waals surface area contributed by atoms with Gasteiger partial charge in [0.05, 0.1) is 0 Å². The Morgan fingerprint density at radius 3 is 3.00 bits per heavy atom. The molecular weight excluding hydrogens is 190 g/mol. The Labute approximate surface area is 90.1 Å². The van der Waals surface area contributed by atoms with Crippen molar-refractivity contribution in [1.82, 2.24) is 15.6 Å². The molecule has 0 aromatic carbocycles. The van der Waals surface area contributed by atoms with Gasteiger partial charge in [-0.2, -0.15) is 0 Å². The fourth-order valence-corrected chi connectivity index (χ4v) is 1.23. The summed E-state index contributed by atoms with van der Waals surface area (Å²) in [5.41, 5.74) is 2.40. The molecule has 1 rings (SSSR count). The number of nitrogens with zero attached hydrogens (tertiary/aromatic N) is 1. The molecule has 0 aliphatic carbocycles. The van der Waals surface area contributed by atoms with Gasteiger partial charge in [-0.15, -0.1) is 0 Å². The van der Waals surface area contributed by atoms with Crippen LogP contribution in [-0.2, 0) is 11.3 Å². The van der Waals surface area contributed by atoms with Gasteiger partial charge in [-0.1, -0.05) is 0 Å². The molecule has 0 aliphatic rings. The Kier molecular flexibility index (Phi) is 4.77. The first-order chi connectivity index (χ1) is 7.24. The van der Waals surface area contributed by atoms with Crippen LogP contribution < -0.4 is 10.6 Å². The van der Waals surface area contributed by atoms with Crippen LogP contribution in [0.3, 0.4) is 0 Å². The van der Waals surface area contributed by atoms with Crippen molar-refractivity contribution in [1.29, 1.82) is 0 Å². The number of carbonyl (C=O) groups is 1. The van der Waals surface area contributed by atoms with Gasteiger partial charge in [-0.25, -0.2) is 0 Å². The van der Waals surface area contributed by atoms with Crippen LogP contribution in [0.25, 0.3) is 0 Å². The van der Waals surface area contributed by atoms with Gasteiger partial charge in [0.2, 0.25) is 5.91 Å². The lowest BCUT2D eigenvalue weighted by molar-refractivity contribution is -0.120. The number of aryl methyl sites for hydroxylation is 1. The van der Waals surface area contributed by atoms with E-state index in [4.69, 9.17) is 0 Å². The number of aromatic nitrogens is 1. The lowest BCUT2D eigenvalue weighted by atomic mass is 10.1. The number of carbonyl (C=O) groups excluding carboxylic acids is 1. The van der Waals surface area contributed by atoms with Gasteiger partial charge in [0, 0.05) is 39.0 Å². The van der Waals surface area contributed by atoms with Crippen LogP contribution in [0.4, 0.5) is 0 Å². The first-order valence-electron chi connectivity index (χ1n) is 5.05. The second-order valence-electron chi connectivity index (χ2n) is 3.40. The van der Waals surface area contributed by atoms with E-state index in [0.29, 0.717) is 13.0 Å². The molecule has 0 aliphatic heterocycles. The topological polar surface area (TPSA) is 54.0 Å². The number of amides is 1. The quantitative estimate of drug-likeness (QED) is 0.696. The van der Waals surface area contributed by atoms with Crippen LogP contribution in [0.2, 0.25) is 0 Å². The molecule has 0 spiro atoms. The maximum atomic E-state index is 10.9. The zero-order valence-corrected chi connectivity index (χ0v) is 9.21. The summed E-state index contributed by atoms with van der Waals surface area (Å²) in [5, 5.41) is 5.79. The van der Waals surface area contributed by atoms with E-state index in [1.807, 2.05) is 12.3 Å². The average Bonchev–Trinajstić information content (AvgIpc) is 2.26. The molecule has 82 valence electrons. The minimum absolute atomic E-state index is 0.0606. The van der Waals surface area contributed by atoms with Crippen molar-refractivity contribution < 1.29 is 4.79 Å². The normalized spacial score (nSPS) is 10.0. The van der Waals surface area contributed by atoms with Crippen LogP contribution >= 0.6 is 0 Å². The molecule has 2 N–H and O–H groups in total. The third-order valence-corrected chi connectivity index (χ3v) is 2.27. The molecule has 1 aromatic heterocycles. The maximum Gasteiger partial charge on any atom is 0.221 e. The van der Waals surface area contributed by atoms with E-state index in [2.05, 4.69) is 22.5 Å². The van der Waals surface area contributed by atoms with E-state index in [-0.39, 0.29) is 5.91 Å². The molecule has 4 heteroatoms. The van der Waals surface area contributed by atoms with Gasteiger partial charge in [0.15, 0.2) is 0 Å². The van der Waals surface area contributed by atoms with E-state index in [1.54, 1.807) is 13.2 Å². The van der Waals surface area contributed by atoms with Crippen LogP contribution in [0.15, 0.2) is 18.5 Å². The minimum atomic E-state index is 0.0606. The first-order valence-corrected chi connectivity index (χ1v) is 5.05. The van der Waals surface area contributed by atoms with Crippen molar-refractivity contribution in [3.63, 3.8) is 0 Å². The van der Waals surface area contributed by atoms with Gasteiger partial charge in [0.1, 0.15) is 0 Å². The molecule has 0 fully saturated rings. The second kappa shape index (κ2) is 6.14. The molecule has 1 amide bonds. The fraction of sp³-hybridized carbons (Fsp3) is 0.455. The summed E-state index contributed by atoms with van der Waals surface area (Å²) in [6.45, 7) is 3.50. The summed E-state index contributed by atoms with van der Waals surface area (Å²) in [7, 11) is 1.65. The lowest BCUT2D eigenvalue weighted by Gasteiger charge is -2.06. The van der Waals surface area contributed by atoms with Gasteiger partial charge in [-0.05, 0) is 24.1 Å². The second-order valence-corrected chi connectivity index (χ2v) is 3.40. The van der Waals surface area contributed by atoms with Crippen LogP contribution in [-0.4, -0.2) is 24.5 Å². The molecule has 0 unspecified atom stereocenters. The molecule has 0 atom stereocenters. The minimum Gasteiger partial charge on any atom is -0.359 e. The predicted molar refractivity (Wildman–Crippen MR) is 59.4 cm³/mol. The van der Waals surface area contributed by atoms with E-state index in [0.717, 1.165) is 6.54 Å². The molecule has 0 saturated heterocycles. The van der Waals surface area contributed by atoms with Crippen molar-refractivity contribution in [2.45, 2.75) is 19.9 Å². The van der Waals surface area contributed by atoms with Gasteiger partial charge in [0.25, 0.3) is 0 Å². The largest absolute Gasteiger partial charge is 0.359 e. The zero-order chi connectivity index (χ0) is 11.1. The van der Waals surface area contributed by atoms with Crippen LogP contribution in [0.5, 0.6) is 0 Å². The molecule has 0 saturated carbocycles. The molecular formula is C11H17N3O. The average molecular weight is 207 g/mol. The number of hydrogen-bond donors (Lipinski definition) is 2. The first kappa shape index (κ1) is 11.7. The molecule has 0 bridgehead atoms. The van der Waals surface area contributed by atoms with Crippen molar-refractivity contribution >= 4 is 5.91 Å². The Balaban J connectivity index is 2.26. The summed E-state index contributed by atoms with van der Waals surface area (Å²) in [6.07, 6.45) is 4.14. The Hall–Kier alpha value is -1.42. The highest BCUT2D eigenvalue weighted by molar-refractivity contribution is 5.75. The van der Waals surface area contributed by atoms with Crippen molar-refractivity contribution in [3.05, 3.63) is 29.6 Å². The summed E-state index contributed by atoms with van der Waals surface area (Å²) in [4.78, 5) is 15.0. The van der Waals surface area contributed by atoms with Crippen LogP contribution in [0.1, 0.15) is 17.5 Å². The fourth-order valence-electron chi connectivity index (χ4n) is 1.23. The summed E-state index contributed by atoms with van der Waals surface area (Å²) in [5.74, 6) is 0.0606. The van der Waals surface area contributed by atoms with Gasteiger partial charge < -0.3 is 10.6 Å². The molecule has 4 nitrogen and oxygen atoms in total. The van der Waals surface area contributed by atoms with Crippen LogP contribution in [0, 0.1) is 6.92 Å². The Morgan fingerprint density at radius 2 is 2.33 bits per heavy atom. The van der Waals surface area contributed by atoms with E-state index in [1.165, 1.54) is 11.1 Å². The number of rotatable bonds is 5. The van der Waals surface area contributed by atoms with Crippen molar-refractivity contribution in [3.8, 4) is 0 Å². The lowest BCUT2D eigenvalue weighted by Crippen LogP contribution is -2.24. The number of nitrogens with one attached hydrogen (secondary N) is 2. The summed E-state index contributed by atoms with van der Waals surface area (Å²) in [6, 6.07) is 1.98. The maximum absolute atomic E-state index is 10.9. The van der Waals surface area contributed by atoms with Gasteiger partial charge in [-0.3, -0.25) is 9.78 Å². The van der Waals surface area contributed by atoms with E-state index in [9.17, 15) is 4.79 Å².